The van der Waals surface area contributed by atoms with Gasteiger partial charge in [-0.15, -0.1) is 0 Å². The molecule has 1 saturated carbocycles. The molecule has 2 heterocycles. The van der Waals surface area contributed by atoms with Crippen molar-refractivity contribution in [2.45, 2.75) is 38.5 Å². The van der Waals surface area contributed by atoms with Crippen LogP contribution in [-0.2, 0) is 11.3 Å². The van der Waals surface area contributed by atoms with Gasteiger partial charge in [-0.05, 0) is 36.1 Å². The monoisotopic (exact) mass is 316 g/mol. The lowest BCUT2D eigenvalue weighted by Gasteiger charge is -2.28. The number of aromatic nitrogens is 4. The molecule has 0 saturated heterocycles. The molecule has 1 aromatic heterocycles. The summed E-state index contributed by atoms with van der Waals surface area (Å²) in [6, 6.07) is -1.79. The number of allylic oxidation sites excluding steroid dienone is 1. The Bertz CT molecular complexity index is 633. The normalized spacial score (nSPS) is 20.0. The Morgan fingerprint density at radius 1 is 1.41 bits per heavy atom. The first-order valence-electron chi connectivity index (χ1n) is 6.86. The highest BCUT2D eigenvalue weighted by Crippen LogP contribution is 2.40. The van der Waals surface area contributed by atoms with E-state index in [1.54, 1.807) is 18.9 Å². The van der Waals surface area contributed by atoms with Gasteiger partial charge in [0.05, 0.1) is 12.1 Å². The molecule has 7 nitrogen and oxygen atoms in total. The summed E-state index contributed by atoms with van der Waals surface area (Å²) < 4.78 is 40.4. The fraction of sp³-hybridized carbons (Fsp3) is 0.667. The number of hydrogen-bond donors (Lipinski definition) is 1. The van der Waals surface area contributed by atoms with Crippen molar-refractivity contribution in [3.63, 3.8) is 0 Å². The number of anilines is 1. The Balaban J connectivity index is 1.81. The van der Waals surface area contributed by atoms with Crippen molar-refractivity contribution in [3.05, 3.63) is 11.3 Å². The average molecular weight is 316 g/mol. The molecule has 1 atom stereocenters. The molecule has 0 bridgehead atoms. The zero-order valence-corrected chi connectivity index (χ0v) is 12.1. The summed E-state index contributed by atoms with van der Waals surface area (Å²) >= 11 is 0. The van der Waals surface area contributed by atoms with E-state index < -0.39 is 24.0 Å². The summed E-state index contributed by atoms with van der Waals surface area (Å²) in [5.74, 6) is -0.793. The molecule has 120 valence electrons. The van der Waals surface area contributed by atoms with Crippen LogP contribution in [0.25, 0.3) is 0 Å². The topological polar surface area (TPSA) is 75.9 Å². The number of nitrogens with one attached hydrogen (secondary N) is 1. The largest absolute Gasteiger partial charge is 0.408 e. The molecule has 1 aliphatic carbocycles. The smallest absolute Gasteiger partial charge is 0.340 e. The predicted octanol–water partition coefficient (Wildman–Crippen LogP) is 0.854. The van der Waals surface area contributed by atoms with Crippen molar-refractivity contribution >= 4 is 11.9 Å². The lowest BCUT2D eigenvalue weighted by atomic mass is 10.1. The van der Waals surface area contributed by atoms with Gasteiger partial charge in [0.1, 0.15) is 6.04 Å². The first-order chi connectivity index (χ1) is 10.3. The summed E-state index contributed by atoms with van der Waals surface area (Å²) in [7, 11) is 1.66. The van der Waals surface area contributed by atoms with Gasteiger partial charge in [0.15, 0.2) is 0 Å². The fourth-order valence-corrected chi connectivity index (χ4v) is 2.52. The zero-order valence-electron chi connectivity index (χ0n) is 12.1. The quantitative estimate of drug-likeness (QED) is 0.895. The minimum atomic E-state index is -4.44. The number of rotatable bonds is 3. The van der Waals surface area contributed by atoms with Gasteiger partial charge in [-0.1, -0.05) is 5.10 Å². The molecule has 0 radical (unpaired) electrons. The molecule has 3 rings (SSSR count). The Hall–Kier alpha value is -2.13. The number of halogens is 3. The number of carbonyl (C=O) groups is 1. The third kappa shape index (κ3) is 2.53. The SMILES string of the molecule is CC1=C(C(=O)NC(C2CC2)C(F)(F)F)Cn2nnnc2N1C. The maximum atomic E-state index is 13.0. The summed E-state index contributed by atoms with van der Waals surface area (Å²) in [4.78, 5) is 13.9. The van der Waals surface area contributed by atoms with Crippen molar-refractivity contribution in [3.8, 4) is 0 Å². The third-order valence-corrected chi connectivity index (χ3v) is 4.07. The van der Waals surface area contributed by atoms with Gasteiger partial charge in [0.2, 0.25) is 5.95 Å². The van der Waals surface area contributed by atoms with Crippen LogP contribution in [0.3, 0.4) is 0 Å². The number of hydrogen-bond acceptors (Lipinski definition) is 5. The molecule has 1 fully saturated rings. The van der Waals surface area contributed by atoms with E-state index in [1.165, 1.54) is 4.68 Å². The van der Waals surface area contributed by atoms with Crippen LogP contribution in [0, 0.1) is 5.92 Å². The first-order valence-corrected chi connectivity index (χ1v) is 6.86. The van der Waals surface area contributed by atoms with E-state index in [0.717, 1.165) is 0 Å². The van der Waals surface area contributed by atoms with Crippen molar-refractivity contribution in [2.24, 2.45) is 5.92 Å². The Kier molecular flexibility index (Phi) is 3.33. The minimum Gasteiger partial charge on any atom is -0.340 e. The van der Waals surface area contributed by atoms with Gasteiger partial charge >= 0.3 is 6.18 Å². The standard InChI is InChI=1S/C12H15F3N6O/c1-6-8(5-21-11(20(6)2)17-18-19-21)10(22)16-9(7-3-4-7)12(13,14)15/h7,9H,3-5H2,1-2H3,(H,16,22). The van der Waals surface area contributed by atoms with Crippen molar-refractivity contribution in [2.75, 3.05) is 11.9 Å². The number of nitrogens with zero attached hydrogens (tertiary/aromatic N) is 5. The van der Waals surface area contributed by atoms with Gasteiger partial charge in [0, 0.05) is 12.7 Å². The molecule has 10 heteroatoms. The summed E-state index contributed by atoms with van der Waals surface area (Å²) in [6.07, 6.45) is -3.47. The molecule has 1 N–H and O–H groups in total. The lowest BCUT2D eigenvalue weighted by Crippen LogP contribution is -2.48. The number of fused-ring (bicyclic) bond motifs is 1. The molecule has 0 aromatic carbocycles. The fourth-order valence-electron chi connectivity index (χ4n) is 2.52. The van der Waals surface area contributed by atoms with E-state index in [2.05, 4.69) is 20.8 Å². The van der Waals surface area contributed by atoms with E-state index in [4.69, 9.17) is 0 Å². The molecule has 1 aliphatic heterocycles. The van der Waals surface area contributed by atoms with E-state index in [1.807, 2.05) is 0 Å². The van der Waals surface area contributed by atoms with E-state index in [0.29, 0.717) is 24.5 Å². The zero-order chi connectivity index (χ0) is 16.1. The van der Waals surface area contributed by atoms with Crippen molar-refractivity contribution < 1.29 is 18.0 Å². The van der Waals surface area contributed by atoms with Crippen LogP contribution >= 0.6 is 0 Å². The van der Waals surface area contributed by atoms with E-state index >= 15 is 0 Å². The van der Waals surface area contributed by atoms with Gasteiger partial charge < -0.3 is 10.2 Å². The molecular weight excluding hydrogens is 301 g/mol. The van der Waals surface area contributed by atoms with Crippen LogP contribution in [0.4, 0.5) is 19.1 Å². The van der Waals surface area contributed by atoms with E-state index in [9.17, 15) is 18.0 Å². The van der Waals surface area contributed by atoms with Crippen LogP contribution < -0.4 is 10.2 Å². The van der Waals surface area contributed by atoms with Crippen LogP contribution in [0.1, 0.15) is 19.8 Å². The molecule has 22 heavy (non-hydrogen) atoms. The first kappa shape index (κ1) is 14.8. The molecule has 1 unspecified atom stereocenters. The highest BCUT2D eigenvalue weighted by molar-refractivity contribution is 5.95. The van der Waals surface area contributed by atoms with Crippen molar-refractivity contribution in [1.29, 1.82) is 0 Å². The molecule has 0 spiro atoms. The van der Waals surface area contributed by atoms with Gasteiger partial charge in [-0.25, -0.2) is 4.68 Å². The van der Waals surface area contributed by atoms with Crippen LogP contribution in [-0.4, -0.2) is 45.4 Å². The second-order valence-electron chi connectivity index (χ2n) is 5.59. The second kappa shape index (κ2) is 4.96. The highest BCUT2D eigenvalue weighted by atomic mass is 19.4. The summed E-state index contributed by atoms with van der Waals surface area (Å²) in [5.41, 5.74) is 0.772. The van der Waals surface area contributed by atoms with E-state index in [-0.39, 0.29) is 12.1 Å². The molecule has 1 amide bonds. The van der Waals surface area contributed by atoms with Gasteiger partial charge in [-0.3, -0.25) is 4.79 Å². The third-order valence-electron chi connectivity index (χ3n) is 4.07. The maximum Gasteiger partial charge on any atom is 0.408 e. The number of amides is 1. The average Bonchev–Trinajstić information content (AvgIpc) is 3.15. The maximum absolute atomic E-state index is 13.0. The molecule has 1 aromatic rings. The number of tetrazole rings is 1. The summed E-state index contributed by atoms with van der Waals surface area (Å²) in [5, 5.41) is 13.2. The van der Waals surface area contributed by atoms with Crippen LogP contribution in [0.5, 0.6) is 0 Å². The van der Waals surface area contributed by atoms with Gasteiger partial charge in [-0.2, -0.15) is 13.2 Å². The molecular formula is C12H15F3N6O. The lowest BCUT2D eigenvalue weighted by molar-refractivity contribution is -0.164. The Morgan fingerprint density at radius 3 is 2.68 bits per heavy atom. The summed E-state index contributed by atoms with van der Waals surface area (Å²) in [6.45, 7) is 1.71. The highest BCUT2D eigenvalue weighted by Gasteiger charge is 2.50. The van der Waals surface area contributed by atoms with Crippen LogP contribution in [0.15, 0.2) is 11.3 Å². The number of alkyl halides is 3. The predicted molar refractivity (Wildman–Crippen MR) is 69.6 cm³/mol. The Morgan fingerprint density at radius 2 is 2.09 bits per heavy atom. The van der Waals surface area contributed by atoms with Crippen molar-refractivity contribution in [1.82, 2.24) is 25.5 Å². The van der Waals surface area contributed by atoms with Gasteiger partial charge in [0.25, 0.3) is 5.91 Å². The Labute approximate surface area is 124 Å². The van der Waals surface area contributed by atoms with Crippen LogP contribution in [0.2, 0.25) is 0 Å². The number of carbonyl (C=O) groups excluding carboxylic acids is 1. The second-order valence-corrected chi connectivity index (χ2v) is 5.59. The molecule has 2 aliphatic rings. The minimum absolute atomic E-state index is 0.0551.